The second-order valence-electron chi connectivity index (χ2n) is 2.79. The molecule has 0 aromatic carbocycles. The van der Waals surface area contributed by atoms with E-state index in [-0.39, 0.29) is 0 Å². The van der Waals surface area contributed by atoms with Crippen LogP contribution in [0.3, 0.4) is 0 Å². The van der Waals surface area contributed by atoms with Gasteiger partial charge in [0.15, 0.2) is 5.92 Å². The summed E-state index contributed by atoms with van der Waals surface area (Å²) in [7, 11) is 0. The van der Waals surface area contributed by atoms with Gasteiger partial charge in [-0.2, -0.15) is 5.26 Å². The molecule has 1 aliphatic heterocycles. The maximum atomic E-state index is 11.2. The molecule has 4 heteroatoms. The van der Waals surface area contributed by atoms with Crippen molar-refractivity contribution in [3.05, 3.63) is 0 Å². The number of hydrogen-bond acceptors (Lipinski definition) is 4. The number of nitrogens with zero attached hydrogens (tertiary/aromatic N) is 2. The monoisotopic (exact) mass is 180 g/mol. The highest BCUT2D eigenvalue weighted by molar-refractivity contribution is 6.05. The standard InChI is InChI=1S/C9H12N2O2/c1-2-13-9(12)7(6-10)8-4-3-5-11-8/h7H,2-5H2,1H3. The number of carbonyl (C=O) groups excluding carboxylic acids is 1. The first kappa shape index (κ1) is 9.72. The van der Waals surface area contributed by atoms with Gasteiger partial charge in [0, 0.05) is 12.3 Å². The Bertz CT molecular complexity index is 265. The fourth-order valence-corrected chi connectivity index (χ4v) is 1.29. The third-order valence-electron chi connectivity index (χ3n) is 1.89. The Labute approximate surface area is 77.2 Å². The molecule has 0 saturated heterocycles. The van der Waals surface area contributed by atoms with Crippen LogP contribution >= 0.6 is 0 Å². The molecule has 1 rings (SSSR count). The molecule has 1 heterocycles. The van der Waals surface area contributed by atoms with Gasteiger partial charge in [0.25, 0.3) is 0 Å². The van der Waals surface area contributed by atoms with Crippen molar-refractivity contribution in [3.63, 3.8) is 0 Å². The SMILES string of the molecule is CCOC(=O)C(C#N)C1=NCCC1. The summed E-state index contributed by atoms with van der Waals surface area (Å²) in [6, 6.07) is 1.92. The van der Waals surface area contributed by atoms with Gasteiger partial charge in [0.05, 0.1) is 12.7 Å². The molecule has 0 bridgehead atoms. The van der Waals surface area contributed by atoms with Crippen molar-refractivity contribution in [2.45, 2.75) is 19.8 Å². The Morgan fingerprint density at radius 2 is 2.62 bits per heavy atom. The van der Waals surface area contributed by atoms with E-state index in [9.17, 15) is 4.79 Å². The number of aliphatic imine (C=N–C) groups is 1. The maximum absolute atomic E-state index is 11.2. The minimum Gasteiger partial charge on any atom is -0.465 e. The van der Waals surface area contributed by atoms with E-state index in [0.29, 0.717) is 12.3 Å². The molecule has 1 aliphatic rings. The van der Waals surface area contributed by atoms with Gasteiger partial charge in [-0.05, 0) is 19.8 Å². The minimum atomic E-state index is -0.776. The third kappa shape index (κ3) is 2.28. The number of carbonyl (C=O) groups is 1. The summed E-state index contributed by atoms with van der Waals surface area (Å²) in [5.41, 5.74) is 0.681. The molecule has 0 amide bonds. The highest BCUT2D eigenvalue weighted by atomic mass is 16.5. The fraction of sp³-hybridized carbons (Fsp3) is 0.667. The number of hydrogen-bond donors (Lipinski definition) is 0. The van der Waals surface area contributed by atoms with E-state index in [0.717, 1.165) is 19.4 Å². The lowest BCUT2D eigenvalue weighted by Crippen LogP contribution is -2.23. The normalized spacial score (nSPS) is 17.4. The second-order valence-corrected chi connectivity index (χ2v) is 2.79. The van der Waals surface area contributed by atoms with E-state index in [1.807, 2.05) is 6.07 Å². The average molecular weight is 180 g/mol. The molecule has 0 aromatic rings. The van der Waals surface area contributed by atoms with Crippen molar-refractivity contribution in [2.24, 2.45) is 10.9 Å². The molecule has 1 atom stereocenters. The Balaban J connectivity index is 2.62. The highest BCUT2D eigenvalue weighted by Crippen LogP contribution is 2.13. The van der Waals surface area contributed by atoms with E-state index in [1.54, 1.807) is 6.92 Å². The molecule has 0 saturated carbocycles. The zero-order valence-corrected chi connectivity index (χ0v) is 7.62. The average Bonchev–Trinajstić information content (AvgIpc) is 2.59. The summed E-state index contributed by atoms with van der Waals surface area (Å²) in [6.45, 7) is 2.76. The van der Waals surface area contributed by atoms with Gasteiger partial charge >= 0.3 is 5.97 Å². The molecule has 1 unspecified atom stereocenters. The van der Waals surface area contributed by atoms with Crippen molar-refractivity contribution in [1.29, 1.82) is 5.26 Å². The smallest absolute Gasteiger partial charge is 0.329 e. The predicted octanol–water partition coefficient (Wildman–Crippen LogP) is 0.924. The molecule has 70 valence electrons. The van der Waals surface area contributed by atoms with Gasteiger partial charge < -0.3 is 4.74 Å². The Kier molecular flexibility index (Phi) is 3.44. The molecule has 13 heavy (non-hydrogen) atoms. The Morgan fingerprint density at radius 1 is 1.85 bits per heavy atom. The minimum absolute atomic E-state index is 0.310. The zero-order chi connectivity index (χ0) is 9.68. The predicted molar refractivity (Wildman–Crippen MR) is 47.3 cm³/mol. The molecule has 4 nitrogen and oxygen atoms in total. The van der Waals surface area contributed by atoms with Crippen molar-refractivity contribution < 1.29 is 9.53 Å². The molecule has 0 aromatic heterocycles. The van der Waals surface area contributed by atoms with Gasteiger partial charge in [-0.25, -0.2) is 0 Å². The van der Waals surface area contributed by atoms with Crippen LogP contribution in [-0.4, -0.2) is 24.8 Å². The molecule has 0 radical (unpaired) electrons. The number of nitriles is 1. The maximum Gasteiger partial charge on any atom is 0.329 e. The number of rotatable bonds is 3. The van der Waals surface area contributed by atoms with Crippen LogP contribution in [0, 0.1) is 17.2 Å². The van der Waals surface area contributed by atoms with Crippen LogP contribution in [0.5, 0.6) is 0 Å². The summed E-state index contributed by atoms with van der Waals surface area (Å²) >= 11 is 0. The number of ether oxygens (including phenoxy) is 1. The Hall–Kier alpha value is -1.37. The van der Waals surface area contributed by atoms with Crippen molar-refractivity contribution in [3.8, 4) is 6.07 Å². The van der Waals surface area contributed by atoms with Gasteiger partial charge in [-0.3, -0.25) is 9.79 Å². The molecule has 0 aliphatic carbocycles. The summed E-state index contributed by atoms with van der Waals surface area (Å²) in [5.74, 6) is -1.24. The van der Waals surface area contributed by atoms with Crippen LogP contribution in [0.4, 0.5) is 0 Å². The van der Waals surface area contributed by atoms with Gasteiger partial charge in [0.2, 0.25) is 0 Å². The zero-order valence-electron chi connectivity index (χ0n) is 7.62. The van der Waals surface area contributed by atoms with Crippen LogP contribution in [0.2, 0.25) is 0 Å². The van der Waals surface area contributed by atoms with Crippen LogP contribution < -0.4 is 0 Å². The van der Waals surface area contributed by atoms with Gasteiger partial charge in [-0.15, -0.1) is 0 Å². The lowest BCUT2D eigenvalue weighted by Gasteiger charge is -2.07. The first-order chi connectivity index (χ1) is 6.29. The lowest BCUT2D eigenvalue weighted by molar-refractivity contribution is -0.143. The van der Waals surface area contributed by atoms with E-state index in [2.05, 4.69) is 4.99 Å². The summed E-state index contributed by atoms with van der Waals surface area (Å²) < 4.78 is 4.77. The van der Waals surface area contributed by atoms with Crippen LogP contribution in [0.25, 0.3) is 0 Å². The quantitative estimate of drug-likeness (QED) is 0.607. The van der Waals surface area contributed by atoms with E-state index in [1.165, 1.54) is 0 Å². The largest absolute Gasteiger partial charge is 0.465 e. The van der Waals surface area contributed by atoms with Crippen LogP contribution in [-0.2, 0) is 9.53 Å². The third-order valence-corrected chi connectivity index (χ3v) is 1.89. The molecule has 0 spiro atoms. The first-order valence-corrected chi connectivity index (χ1v) is 4.39. The molecule has 0 fully saturated rings. The van der Waals surface area contributed by atoms with Gasteiger partial charge in [0.1, 0.15) is 0 Å². The van der Waals surface area contributed by atoms with Gasteiger partial charge in [-0.1, -0.05) is 0 Å². The lowest BCUT2D eigenvalue weighted by atomic mass is 10.0. The summed E-state index contributed by atoms with van der Waals surface area (Å²) in [5, 5.41) is 8.75. The number of esters is 1. The van der Waals surface area contributed by atoms with Crippen molar-refractivity contribution in [2.75, 3.05) is 13.2 Å². The summed E-state index contributed by atoms with van der Waals surface area (Å²) in [6.07, 6.45) is 1.68. The summed E-state index contributed by atoms with van der Waals surface area (Å²) in [4.78, 5) is 15.3. The first-order valence-electron chi connectivity index (χ1n) is 4.39. The van der Waals surface area contributed by atoms with Crippen LogP contribution in [0.15, 0.2) is 4.99 Å². The van der Waals surface area contributed by atoms with E-state index < -0.39 is 11.9 Å². The fourth-order valence-electron chi connectivity index (χ4n) is 1.29. The second kappa shape index (κ2) is 4.61. The topological polar surface area (TPSA) is 62.5 Å². The Morgan fingerprint density at radius 3 is 3.08 bits per heavy atom. The van der Waals surface area contributed by atoms with E-state index in [4.69, 9.17) is 10.00 Å². The molecule has 0 N–H and O–H groups in total. The van der Waals surface area contributed by atoms with Crippen LogP contribution in [0.1, 0.15) is 19.8 Å². The van der Waals surface area contributed by atoms with Crippen molar-refractivity contribution >= 4 is 11.7 Å². The highest BCUT2D eigenvalue weighted by Gasteiger charge is 2.26. The van der Waals surface area contributed by atoms with Crippen molar-refractivity contribution in [1.82, 2.24) is 0 Å². The molecular weight excluding hydrogens is 168 g/mol. The molecular formula is C9H12N2O2. The van der Waals surface area contributed by atoms with E-state index >= 15 is 0 Å².